The molecule has 3 heterocycles. The summed E-state index contributed by atoms with van der Waals surface area (Å²) in [7, 11) is 0. The fraction of sp³-hybridized carbons (Fsp3) is 0.516. The van der Waals surface area contributed by atoms with Crippen LogP contribution in [0.25, 0.3) is 10.8 Å². The summed E-state index contributed by atoms with van der Waals surface area (Å²) in [6, 6.07) is 9.70. The van der Waals surface area contributed by atoms with Crippen molar-refractivity contribution in [1.82, 2.24) is 14.9 Å². The lowest BCUT2D eigenvalue weighted by Gasteiger charge is -2.37. The molecule has 1 fully saturated rings. The van der Waals surface area contributed by atoms with Gasteiger partial charge in [0.05, 0.1) is 11.1 Å². The maximum Gasteiger partial charge on any atom is 0.280 e. The summed E-state index contributed by atoms with van der Waals surface area (Å²) in [5.41, 5.74) is 5.10. The second-order valence-corrected chi connectivity index (χ2v) is 11.7. The van der Waals surface area contributed by atoms with Crippen LogP contribution >= 0.6 is 11.3 Å². The van der Waals surface area contributed by atoms with Gasteiger partial charge in [-0.15, -0.1) is 11.3 Å². The highest BCUT2D eigenvalue weighted by molar-refractivity contribution is 7.13. The van der Waals surface area contributed by atoms with Crippen LogP contribution in [0, 0.1) is 0 Å². The van der Waals surface area contributed by atoms with Crippen LogP contribution < -0.4 is 10.3 Å². The van der Waals surface area contributed by atoms with Gasteiger partial charge < -0.3 is 4.90 Å². The van der Waals surface area contributed by atoms with Crippen LogP contribution in [0.3, 0.4) is 0 Å². The molecule has 39 heavy (non-hydrogen) atoms. The summed E-state index contributed by atoms with van der Waals surface area (Å²) >= 11 is 1.35. The number of piperazine rings is 1. The molecule has 0 bridgehead atoms. The SMILES string of the molecule is CCCCCCCCCCCCN1CCN(c2ccc3c4c(cccc24)C(=O)N(Nc2nccs2)C3=O)CC1. The standard InChI is InChI=1S/C31H41N5O2S/c1-2-3-4-5-6-7-8-9-10-11-18-34-19-21-35(22-20-34)27-16-15-26-28-24(27)13-12-14-25(28)29(37)36(30(26)38)33-31-32-17-23-39-31/h12-17,23H,2-11,18-22H2,1H3,(H,32,33). The number of rotatable bonds is 14. The maximum absolute atomic E-state index is 13.3. The van der Waals surface area contributed by atoms with E-state index in [4.69, 9.17) is 0 Å². The Morgan fingerprint density at radius 3 is 2.15 bits per heavy atom. The number of thiazole rings is 1. The Bertz CT molecular complexity index is 1230. The zero-order valence-corrected chi connectivity index (χ0v) is 24.0. The zero-order chi connectivity index (χ0) is 27.0. The molecule has 2 aliphatic heterocycles. The molecule has 0 aliphatic carbocycles. The van der Waals surface area contributed by atoms with E-state index in [-0.39, 0.29) is 11.8 Å². The molecular formula is C31H41N5O2S. The first-order chi connectivity index (χ1) is 19.2. The summed E-state index contributed by atoms with van der Waals surface area (Å²) in [5.74, 6) is -0.682. The van der Waals surface area contributed by atoms with Gasteiger partial charge in [0.2, 0.25) is 5.13 Å². The van der Waals surface area contributed by atoms with Gasteiger partial charge >= 0.3 is 0 Å². The Labute approximate surface area is 236 Å². The number of carbonyl (C=O) groups excluding carboxylic acids is 2. The van der Waals surface area contributed by atoms with E-state index >= 15 is 0 Å². The maximum atomic E-state index is 13.3. The van der Waals surface area contributed by atoms with Gasteiger partial charge in [0.15, 0.2) is 0 Å². The lowest BCUT2D eigenvalue weighted by Crippen LogP contribution is -2.47. The molecule has 0 spiro atoms. The van der Waals surface area contributed by atoms with E-state index in [1.807, 2.05) is 24.3 Å². The predicted octanol–water partition coefficient (Wildman–Crippen LogP) is 6.96. The highest BCUT2D eigenvalue weighted by Gasteiger charge is 2.34. The fourth-order valence-corrected chi connectivity index (χ4v) is 6.38. The van der Waals surface area contributed by atoms with Gasteiger partial charge in [-0.05, 0) is 31.2 Å². The van der Waals surface area contributed by atoms with Crippen LogP contribution in [-0.2, 0) is 0 Å². The van der Waals surface area contributed by atoms with Gasteiger partial charge in [-0.25, -0.2) is 4.98 Å². The minimum absolute atomic E-state index is 0.341. The normalized spacial score (nSPS) is 15.9. The first kappa shape index (κ1) is 27.6. The van der Waals surface area contributed by atoms with Crippen molar-refractivity contribution in [2.24, 2.45) is 0 Å². The molecule has 5 rings (SSSR count). The van der Waals surface area contributed by atoms with Gasteiger partial charge in [-0.2, -0.15) is 5.01 Å². The molecule has 2 aliphatic rings. The number of hydrogen-bond acceptors (Lipinski definition) is 7. The van der Waals surface area contributed by atoms with Gasteiger partial charge in [0.1, 0.15) is 0 Å². The van der Waals surface area contributed by atoms with Crippen molar-refractivity contribution in [3.63, 3.8) is 0 Å². The third-order valence-electron chi connectivity index (χ3n) is 8.07. The Hall–Kier alpha value is -2.97. The molecule has 208 valence electrons. The summed E-state index contributed by atoms with van der Waals surface area (Å²) in [4.78, 5) is 35.8. The molecule has 2 aromatic carbocycles. The summed E-state index contributed by atoms with van der Waals surface area (Å²) in [6.45, 7) is 7.46. The summed E-state index contributed by atoms with van der Waals surface area (Å²) < 4.78 is 0. The number of aromatic nitrogens is 1. The van der Waals surface area contributed by atoms with Crippen LogP contribution in [0.5, 0.6) is 0 Å². The van der Waals surface area contributed by atoms with Gasteiger partial charge in [0.25, 0.3) is 11.8 Å². The Balaban J connectivity index is 1.14. The highest BCUT2D eigenvalue weighted by atomic mass is 32.1. The van der Waals surface area contributed by atoms with Gasteiger partial charge in [0, 0.05) is 54.2 Å². The number of unbranched alkanes of at least 4 members (excludes halogenated alkanes) is 9. The summed E-state index contributed by atoms with van der Waals surface area (Å²) in [5, 5.41) is 5.14. The smallest absolute Gasteiger partial charge is 0.280 e. The van der Waals surface area contributed by atoms with Crippen LogP contribution in [0.2, 0.25) is 0 Å². The molecule has 7 nitrogen and oxygen atoms in total. The van der Waals surface area contributed by atoms with Crippen molar-refractivity contribution in [3.8, 4) is 0 Å². The number of amides is 2. The highest BCUT2D eigenvalue weighted by Crippen LogP contribution is 2.36. The third-order valence-corrected chi connectivity index (χ3v) is 8.74. The van der Waals surface area contributed by atoms with Crippen molar-refractivity contribution < 1.29 is 9.59 Å². The minimum atomic E-state index is -0.341. The van der Waals surface area contributed by atoms with E-state index in [2.05, 4.69) is 33.2 Å². The van der Waals surface area contributed by atoms with Crippen molar-refractivity contribution >= 4 is 44.7 Å². The molecule has 1 aromatic heterocycles. The van der Waals surface area contributed by atoms with E-state index in [9.17, 15) is 9.59 Å². The minimum Gasteiger partial charge on any atom is -0.368 e. The molecule has 1 N–H and O–H groups in total. The Morgan fingerprint density at radius 2 is 1.49 bits per heavy atom. The van der Waals surface area contributed by atoms with E-state index in [0.717, 1.165) is 47.6 Å². The van der Waals surface area contributed by atoms with Crippen molar-refractivity contribution in [3.05, 3.63) is 53.0 Å². The van der Waals surface area contributed by atoms with Crippen molar-refractivity contribution in [2.45, 2.75) is 71.1 Å². The van der Waals surface area contributed by atoms with E-state index in [1.165, 1.54) is 82.1 Å². The number of nitrogens with one attached hydrogen (secondary N) is 1. The molecule has 3 aromatic rings. The van der Waals surface area contributed by atoms with E-state index in [0.29, 0.717) is 16.3 Å². The fourth-order valence-electron chi connectivity index (χ4n) is 5.87. The molecular weight excluding hydrogens is 506 g/mol. The van der Waals surface area contributed by atoms with Gasteiger partial charge in [-0.3, -0.25) is 19.9 Å². The first-order valence-corrected chi connectivity index (χ1v) is 15.6. The molecule has 0 unspecified atom stereocenters. The second kappa shape index (κ2) is 13.4. The molecule has 0 radical (unpaired) electrons. The Kier molecular flexibility index (Phi) is 9.48. The monoisotopic (exact) mass is 547 g/mol. The number of benzene rings is 2. The number of anilines is 2. The van der Waals surface area contributed by atoms with Crippen LogP contribution in [0.1, 0.15) is 91.8 Å². The van der Waals surface area contributed by atoms with Crippen LogP contribution in [-0.4, -0.2) is 59.4 Å². The van der Waals surface area contributed by atoms with E-state index in [1.54, 1.807) is 11.6 Å². The molecule has 0 saturated carbocycles. The number of carbonyl (C=O) groups is 2. The third kappa shape index (κ3) is 6.44. The number of imide groups is 1. The van der Waals surface area contributed by atoms with Crippen molar-refractivity contribution in [2.75, 3.05) is 43.0 Å². The van der Waals surface area contributed by atoms with Crippen molar-refractivity contribution in [1.29, 1.82) is 0 Å². The van der Waals surface area contributed by atoms with Gasteiger partial charge in [-0.1, -0.05) is 76.8 Å². The predicted molar refractivity (Wildman–Crippen MR) is 161 cm³/mol. The quantitative estimate of drug-likeness (QED) is 0.174. The summed E-state index contributed by atoms with van der Waals surface area (Å²) in [6.07, 6.45) is 15.3. The average Bonchev–Trinajstić information content (AvgIpc) is 3.48. The number of nitrogens with zero attached hydrogens (tertiary/aromatic N) is 4. The number of hydrogen-bond donors (Lipinski definition) is 1. The molecule has 0 atom stereocenters. The number of hydrazine groups is 1. The lowest BCUT2D eigenvalue weighted by molar-refractivity contribution is 0.0649. The molecule has 8 heteroatoms. The van der Waals surface area contributed by atoms with E-state index < -0.39 is 0 Å². The zero-order valence-electron chi connectivity index (χ0n) is 23.2. The van der Waals surface area contributed by atoms with Crippen LogP contribution in [0.4, 0.5) is 10.8 Å². The average molecular weight is 548 g/mol. The molecule has 2 amide bonds. The topological polar surface area (TPSA) is 68.8 Å². The Morgan fingerprint density at radius 1 is 0.821 bits per heavy atom. The lowest BCUT2D eigenvalue weighted by atomic mass is 9.93. The largest absolute Gasteiger partial charge is 0.368 e. The second-order valence-electron chi connectivity index (χ2n) is 10.8. The molecule has 1 saturated heterocycles. The van der Waals surface area contributed by atoms with Crippen LogP contribution in [0.15, 0.2) is 41.9 Å². The first-order valence-electron chi connectivity index (χ1n) is 14.8.